The van der Waals surface area contributed by atoms with Gasteiger partial charge in [-0.3, -0.25) is 4.79 Å². The topological polar surface area (TPSA) is 116 Å². The Labute approximate surface area is 146 Å². The first-order valence-electron chi connectivity index (χ1n) is 8.19. The van der Waals surface area contributed by atoms with E-state index in [-0.39, 0.29) is 17.5 Å². The van der Waals surface area contributed by atoms with Gasteiger partial charge in [0.2, 0.25) is 5.91 Å². The molecule has 0 radical (unpaired) electrons. The molecule has 0 unspecified atom stereocenters. The maximum Gasteiger partial charge on any atom is 0.248 e. The van der Waals surface area contributed by atoms with Crippen molar-refractivity contribution >= 4 is 5.91 Å². The van der Waals surface area contributed by atoms with E-state index in [0.717, 1.165) is 18.4 Å². The van der Waals surface area contributed by atoms with Crippen LogP contribution in [0, 0.1) is 0 Å². The third-order valence-electron chi connectivity index (χ3n) is 4.15. The molecule has 6 N–H and O–H groups in total. The summed E-state index contributed by atoms with van der Waals surface area (Å²) in [5, 5.41) is 32.2. The van der Waals surface area contributed by atoms with Crippen molar-refractivity contribution in [2.45, 2.75) is 31.9 Å². The number of hydrogen-bond donors (Lipinski definition) is 5. The number of amides is 1. The number of aromatic hydroxyl groups is 2. The number of hydrogen-bond acceptors (Lipinski definition) is 5. The van der Waals surface area contributed by atoms with Gasteiger partial charge in [-0.15, -0.1) is 0 Å². The Bertz CT molecular complexity index is 716. The molecule has 0 spiro atoms. The van der Waals surface area contributed by atoms with Gasteiger partial charge in [0.25, 0.3) is 0 Å². The van der Waals surface area contributed by atoms with Crippen molar-refractivity contribution in [2.75, 3.05) is 6.54 Å². The van der Waals surface area contributed by atoms with E-state index < -0.39 is 12.0 Å². The average molecular weight is 344 g/mol. The summed E-state index contributed by atoms with van der Waals surface area (Å²) in [7, 11) is 0. The Balaban J connectivity index is 1.78. The number of nitrogens with one attached hydrogen (secondary N) is 1. The van der Waals surface area contributed by atoms with Gasteiger partial charge >= 0.3 is 0 Å². The summed E-state index contributed by atoms with van der Waals surface area (Å²) in [5.74, 6) is -0.889. The zero-order chi connectivity index (χ0) is 18.4. The predicted octanol–water partition coefficient (Wildman–Crippen LogP) is 1.84. The molecule has 0 saturated heterocycles. The smallest absolute Gasteiger partial charge is 0.248 e. The van der Waals surface area contributed by atoms with E-state index in [1.165, 1.54) is 12.1 Å². The molecule has 134 valence electrons. The van der Waals surface area contributed by atoms with E-state index in [0.29, 0.717) is 17.7 Å². The lowest BCUT2D eigenvalue weighted by atomic mass is 10.0. The SMILES string of the molecule is C[C@H](CCc1ccc(C(N)=O)cc1)NC[C@@H](O)c1ccc(O)c(O)c1. The van der Waals surface area contributed by atoms with Gasteiger partial charge in [-0.05, 0) is 55.2 Å². The molecule has 0 aliphatic heterocycles. The first-order valence-corrected chi connectivity index (χ1v) is 8.19. The van der Waals surface area contributed by atoms with E-state index in [2.05, 4.69) is 5.32 Å². The van der Waals surface area contributed by atoms with E-state index in [4.69, 9.17) is 5.73 Å². The number of aliphatic hydroxyl groups excluding tert-OH is 1. The predicted molar refractivity (Wildman–Crippen MR) is 95.5 cm³/mol. The first kappa shape index (κ1) is 18.8. The highest BCUT2D eigenvalue weighted by atomic mass is 16.3. The maximum atomic E-state index is 11.0. The van der Waals surface area contributed by atoms with Crippen molar-refractivity contribution in [2.24, 2.45) is 5.73 Å². The van der Waals surface area contributed by atoms with E-state index in [1.54, 1.807) is 18.2 Å². The number of aliphatic hydroxyl groups is 1. The second-order valence-corrected chi connectivity index (χ2v) is 6.17. The number of benzene rings is 2. The van der Waals surface area contributed by atoms with Gasteiger partial charge in [-0.1, -0.05) is 18.2 Å². The zero-order valence-corrected chi connectivity index (χ0v) is 14.1. The van der Waals surface area contributed by atoms with Crippen LogP contribution in [-0.4, -0.2) is 33.8 Å². The van der Waals surface area contributed by atoms with E-state index in [1.807, 2.05) is 19.1 Å². The highest BCUT2D eigenvalue weighted by Gasteiger charge is 2.12. The van der Waals surface area contributed by atoms with Gasteiger partial charge in [0.15, 0.2) is 11.5 Å². The third kappa shape index (κ3) is 5.48. The number of rotatable bonds is 8. The number of carbonyl (C=O) groups is 1. The molecule has 0 aromatic heterocycles. The van der Waals surface area contributed by atoms with Crippen LogP contribution in [-0.2, 0) is 6.42 Å². The summed E-state index contributed by atoms with van der Waals surface area (Å²) < 4.78 is 0. The Morgan fingerprint density at radius 3 is 2.40 bits per heavy atom. The fourth-order valence-electron chi connectivity index (χ4n) is 2.50. The van der Waals surface area contributed by atoms with Crippen LogP contribution in [0.3, 0.4) is 0 Å². The van der Waals surface area contributed by atoms with Crippen LogP contribution in [0.1, 0.15) is 40.9 Å². The average Bonchev–Trinajstić information content (AvgIpc) is 2.60. The van der Waals surface area contributed by atoms with Gasteiger partial charge in [0.05, 0.1) is 6.10 Å². The van der Waals surface area contributed by atoms with Crippen LogP contribution in [0.15, 0.2) is 42.5 Å². The van der Waals surface area contributed by atoms with Crippen LogP contribution in [0.25, 0.3) is 0 Å². The minimum absolute atomic E-state index is 0.177. The van der Waals surface area contributed by atoms with Gasteiger partial charge in [-0.25, -0.2) is 0 Å². The summed E-state index contributed by atoms with van der Waals surface area (Å²) in [6.45, 7) is 2.37. The number of phenols is 2. The Hall–Kier alpha value is -2.57. The summed E-state index contributed by atoms with van der Waals surface area (Å²) in [4.78, 5) is 11.0. The van der Waals surface area contributed by atoms with Crippen molar-refractivity contribution in [1.29, 1.82) is 0 Å². The largest absolute Gasteiger partial charge is 0.504 e. The second-order valence-electron chi connectivity index (χ2n) is 6.17. The quantitative estimate of drug-likeness (QED) is 0.469. The highest BCUT2D eigenvalue weighted by molar-refractivity contribution is 5.92. The lowest BCUT2D eigenvalue weighted by Crippen LogP contribution is -2.30. The molecule has 0 saturated carbocycles. The number of primary amides is 1. The van der Waals surface area contributed by atoms with Gasteiger partial charge in [0, 0.05) is 18.2 Å². The molecular weight excluding hydrogens is 320 g/mol. The molecule has 2 atom stereocenters. The van der Waals surface area contributed by atoms with Crippen molar-refractivity contribution in [3.05, 3.63) is 59.2 Å². The van der Waals surface area contributed by atoms with Crippen LogP contribution >= 0.6 is 0 Å². The molecule has 6 heteroatoms. The number of aryl methyl sites for hydroxylation is 1. The molecule has 25 heavy (non-hydrogen) atoms. The molecule has 2 aromatic carbocycles. The lowest BCUT2D eigenvalue weighted by molar-refractivity contribution is 0.1000. The number of phenolic OH excluding ortho intramolecular Hbond substituents is 2. The molecule has 0 aliphatic rings. The first-order chi connectivity index (χ1) is 11.9. The van der Waals surface area contributed by atoms with Crippen LogP contribution in [0.2, 0.25) is 0 Å². The molecule has 2 aromatic rings. The van der Waals surface area contributed by atoms with Crippen molar-refractivity contribution in [3.8, 4) is 11.5 Å². The van der Waals surface area contributed by atoms with E-state index in [9.17, 15) is 20.1 Å². The van der Waals surface area contributed by atoms with Crippen LogP contribution in [0.4, 0.5) is 0 Å². The van der Waals surface area contributed by atoms with Gasteiger partial charge < -0.3 is 26.4 Å². The van der Waals surface area contributed by atoms with Crippen LogP contribution < -0.4 is 11.1 Å². The number of nitrogens with two attached hydrogens (primary N) is 1. The van der Waals surface area contributed by atoms with Crippen molar-refractivity contribution in [1.82, 2.24) is 5.32 Å². The minimum Gasteiger partial charge on any atom is -0.504 e. The molecule has 0 heterocycles. The molecule has 0 aliphatic carbocycles. The second kappa shape index (κ2) is 8.50. The molecule has 2 rings (SSSR count). The summed E-state index contributed by atoms with van der Waals surface area (Å²) >= 11 is 0. The molecule has 0 bridgehead atoms. The van der Waals surface area contributed by atoms with Gasteiger partial charge in [-0.2, -0.15) is 0 Å². The summed E-state index contributed by atoms with van der Waals surface area (Å²) in [5.41, 5.74) is 7.37. The standard InChI is InChI=1S/C19H24N2O4/c1-12(2-3-13-4-6-14(7-5-13)19(20)25)21-11-18(24)15-8-9-16(22)17(23)10-15/h4-10,12,18,21-24H,2-3,11H2,1H3,(H2,20,25)/t12-,18-/m1/s1. The lowest BCUT2D eigenvalue weighted by Gasteiger charge is -2.18. The monoisotopic (exact) mass is 344 g/mol. The van der Waals surface area contributed by atoms with Crippen molar-refractivity contribution < 1.29 is 20.1 Å². The number of carbonyl (C=O) groups excluding carboxylic acids is 1. The Kier molecular flexibility index (Phi) is 6.38. The van der Waals surface area contributed by atoms with Gasteiger partial charge in [0.1, 0.15) is 0 Å². The fourth-order valence-corrected chi connectivity index (χ4v) is 2.50. The summed E-state index contributed by atoms with van der Waals surface area (Å²) in [6, 6.07) is 11.7. The summed E-state index contributed by atoms with van der Waals surface area (Å²) in [6.07, 6.45) is 0.927. The molecule has 6 nitrogen and oxygen atoms in total. The minimum atomic E-state index is -0.774. The normalized spacial score (nSPS) is 13.4. The van der Waals surface area contributed by atoms with E-state index >= 15 is 0 Å². The Morgan fingerprint density at radius 1 is 1.12 bits per heavy atom. The van der Waals surface area contributed by atoms with Crippen LogP contribution in [0.5, 0.6) is 11.5 Å². The Morgan fingerprint density at radius 2 is 1.80 bits per heavy atom. The maximum absolute atomic E-state index is 11.0. The fraction of sp³-hybridized carbons (Fsp3) is 0.316. The highest BCUT2D eigenvalue weighted by Crippen LogP contribution is 2.27. The molecule has 0 fully saturated rings. The third-order valence-corrected chi connectivity index (χ3v) is 4.15. The molecular formula is C19H24N2O4. The van der Waals surface area contributed by atoms with Crippen molar-refractivity contribution in [3.63, 3.8) is 0 Å². The zero-order valence-electron chi connectivity index (χ0n) is 14.1. The molecule has 1 amide bonds.